The fraction of sp³-hybridized carbons (Fsp3) is 0.611. The zero-order chi connectivity index (χ0) is 20.2. The third kappa shape index (κ3) is 7.60. The molecule has 1 aromatic rings. The van der Waals surface area contributed by atoms with E-state index in [9.17, 15) is 13.2 Å². The van der Waals surface area contributed by atoms with Gasteiger partial charge in [-0.2, -0.15) is 0 Å². The van der Waals surface area contributed by atoms with Crippen LogP contribution in [-0.4, -0.2) is 44.6 Å². The minimum atomic E-state index is -3.52. The Kier molecular flexibility index (Phi) is 7.58. The van der Waals surface area contributed by atoms with Crippen molar-refractivity contribution in [1.82, 2.24) is 9.62 Å². The Morgan fingerprint density at radius 1 is 1.41 bits per heavy atom. The molecule has 0 aromatic heterocycles. The van der Waals surface area contributed by atoms with Gasteiger partial charge < -0.3 is 9.64 Å². The highest BCUT2D eigenvalue weighted by molar-refractivity contribution is 9.10. The van der Waals surface area contributed by atoms with Gasteiger partial charge in [0, 0.05) is 29.1 Å². The second-order valence-corrected chi connectivity index (χ2v) is 10.9. The zero-order valence-electron chi connectivity index (χ0n) is 15.8. The summed E-state index contributed by atoms with van der Waals surface area (Å²) in [6.07, 6.45) is 1.34. The van der Waals surface area contributed by atoms with E-state index in [0.29, 0.717) is 23.7 Å². The SMILES string of the molecule is CC(C)(C)OC(=O)N1CCCC(CNS(=O)(=O)Cc2ccc(Br)cc2Cl)C1. The molecule has 1 amide bonds. The average Bonchev–Trinajstić information content (AvgIpc) is 2.54. The highest BCUT2D eigenvalue weighted by atomic mass is 79.9. The molecule has 0 saturated carbocycles. The number of amides is 1. The van der Waals surface area contributed by atoms with Gasteiger partial charge in [-0.25, -0.2) is 17.9 Å². The third-order valence-corrected chi connectivity index (χ3v) is 6.27. The quantitative estimate of drug-likeness (QED) is 0.685. The summed E-state index contributed by atoms with van der Waals surface area (Å²) in [5.74, 6) is -0.122. The van der Waals surface area contributed by atoms with Gasteiger partial charge in [0.15, 0.2) is 0 Å². The molecule has 0 radical (unpaired) electrons. The second kappa shape index (κ2) is 9.11. The molecule has 1 heterocycles. The minimum absolute atomic E-state index is 0.0569. The van der Waals surface area contributed by atoms with Gasteiger partial charge in [0.1, 0.15) is 5.60 Å². The van der Waals surface area contributed by atoms with E-state index in [1.54, 1.807) is 23.1 Å². The lowest BCUT2D eigenvalue weighted by Crippen LogP contribution is -2.45. The Labute approximate surface area is 174 Å². The van der Waals surface area contributed by atoms with E-state index >= 15 is 0 Å². The van der Waals surface area contributed by atoms with Crippen molar-refractivity contribution >= 4 is 43.6 Å². The summed E-state index contributed by atoms with van der Waals surface area (Å²) in [5, 5.41) is 0.406. The second-order valence-electron chi connectivity index (χ2n) is 7.78. The van der Waals surface area contributed by atoms with E-state index in [1.165, 1.54) is 0 Å². The smallest absolute Gasteiger partial charge is 0.410 e. The van der Waals surface area contributed by atoms with Crippen molar-refractivity contribution in [3.63, 3.8) is 0 Å². The fourth-order valence-electron chi connectivity index (χ4n) is 2.86. The number of carbonyl (C=O) groups excluding carboxylic acids is 1. The van der Waals surface area contributed by atoms with Crippen molar-refractivity contribution in [1.29, 1.82) is 0 Å². The first-order valence-corrected chi connectivity index (χ1v) is 11.7. The summed E-state index contributed by atoms with van der Waals surface area (Å²) in [6, 6.07) is 5.12. The molecule has 2 rings (SSSR count). The average molecular weight is 482 g/mol. The van der Waals surface area contributed by atoms with Crippen LogP contribution < -0.4 is 4.72 Å². The number of likely N-dealkylation sites (tertiary alicyclic amines) is 1. The molecular formula is C18H26BrClN2O4S. The Morgan fingerprint density at radius 2 is 2.11 bits per heavy atom. The van der Waals surface area contributed by atoms with Crippen LogP contribution in [0.4, 0.5) is 4.79 Å². The number of piperidine rings is 1. The van der Waals surface area contributed by atoms with E-state index < -0.39 is 15.6 Å². The summed E-state index contributed by atoms with van der Waals surface area (Å²) in [4.78, 5) is 13.9. The number of sulfonamides is 1. The number of nitrogens with one attached hydrogen (secondary N) is 1. The number of benzene rings is 1. The molecule has 27 heavy (non-hydrogen) atoms. The summed E-state index contributed by atoms with van der Waals surface area (Å²) in [5.41, 5.74) is 0.00152. The largest absolute Gasteiger partial charge is 0.444 e. The Balaban J connectivity index is 1.90. The Morgan fingerprint density at radius 3 is 2.74 bits per heavy atom. The molecule has 1 aromatic carbocycles. The molecule has 6 nitrogen and oxygen atoms in total. The monoisotopic (exact) mass is 480 g/mol. The molecule has 1 saturated heterocycles. The summed E-state index contributed by atoms with van der Waals surface area (Å²) in [6.45, 7) is 6.88. The number of rotatable bonds is 5. The molecule has 1 atom stereocenters. The van der Waals surface area contributed by atoms with Crippen LogP contribution in [-0.2, 0) is 20.5 Å². The first-order chi connectivity index (χ1) is 12.5. The predicted molar refractivity (Wildman–Crippen MR) is 110 cm³/mol. The molecule has 9 heteroatoms. The number of carbonyl (C=O) groups is 1. The van der Waals surface area contributed by atoms with E-state index in [-0.39, 0.29) is 24.3 Å². The number of halogens is 2. The van der Waals surface area contributed by atoms with Gasteiger partial charge in [-0.15, -0.1) is 0 Å². The van der Waals surface area contributed by atoms with E-state index in [1.807, 2.05) is 20.8 Å². The van der Waals surface area contributed by atoms with Crippen LogP contribution in [0.25, 0.3) is 0 Å². The normalized spacial score (nSPS) is 18.4. The van der Waals surface area contributed by atoms with Crippen molar-refractivity contribution in [2.75, 3.05) is 19.6 Å². The number of hydrogen-bond donors (Lipinski definition) is 1. The van der Waals surface area contributed by atoms with Crippen LogP contribution in [0.1, 0.15) is 39.2 Å². The van der Waals surface area contributed by atoms with Crippen molar-refractivity contribution in [2.45, 2.75) is 45.0 Å². The van der Waals surface area contributed by atoms with Crippen LogP contribution in [0.2, 0.25) is 5.02 Å². The summed E-state index contributed by atoms with van der Waals surface area (Å²) in [7, 11) is -3.52. The van der Waals surface area contributed by atoms with Crippen molar-refractivity contribution in [3.8, 4) is 0 Å². The molecule has 1 aliphatic heterocycles. The van der Waals surface area contributed by atoms with Gasteiger partial charge in [-0.1, -0.05) is 33.6 Å². The summed E-state index contributed by atoms with van der Waals surface area (Å²) < 4.78 is 33.6. The molecule has 1 unspecified atom stereocenters. The van der Waals surface area contributed by atoms with E-state index in [4.69, 9.17) is 16.3 Å². The van der Waals surface area contributed by atoms with Gasteiger partial charge in [0.2, 0.25) is 10.0 Å². The lowest BCUT2D eigenvalue weighted by molar-refractivity contribution is 0.0169. The predicted octanol–water partition coefficient (Wildman–Crippen LogP) is 4.17. The van der Waals surface area contributed by atoms with Crippen LogP contribution in [0, 0.1) is 5.92 Å². The Hall–Kier alpha value is -0.830. The molecule has 1 fully saturated rings. The minimum Gasteiger partial charge on any atom is -0.444 e. The van der Waals surface area contributed by atoms with E-state index in [0.717, 1.165) is 17.3 Å². The molecular weight excluding hydrogens is 456 g/mol. The topological polar surface area (TPSA) is 75.7 Å². The van der Waals surface area contributed by atoms with Crippen LogP contribution in [0.5, 0.6) is 0 Å². The van der Waals surface area contributed by atoms with E-state index in [2.05, 4.69) is 20.7 Å². The van der Waals surface area contributed by atoms with Gasteiger partial charge in [-0.05, 0) is 57.2 Å². The molecule has 0 bridgehead atoms. The molecule has 0 spiro atoms. The molecule has 0 aliphatic carbocycles. The van der Waals surface area contributed by atoms with Gasteiger partial charge in [-0.3, -0.25) is 0 Å². The number of ether oxygens (including phenoxy) is 1. The lowest BCUT2D eigenvalue weighted by Gasteiger charge is -2.34. The highest BCUT2D eigenvalue weighted by Gasteiger charge is 2.28. The molecule has 1 N–H and O–H groups in total. The fourth-order valence-corrected chi connectivity index (χ4v) is 4.94. The third-order valence-electron chi connectivity index (χ3n) is 4.12. The van der Waals surface area contributed by atoms with Crippen LogP contribution in [0.15, 0.2) is 22.7 Å². The van der Waals surface area contributed by atoms with Crippen molar-refractivity contribution in [3.05, 3.63) is 33.3 Å². The summed E-state index contributed by atoms with van der Waals surface area (Å²) >= 11 is 9.41. The highest BCUT2D eigenvalue weighted by Crippen LogP contribution is 2.23. The van der Waals surface area contributed by atoms with Crippen LogP contribution >= 0.6 is 27.5 Å². The lowest BCUT2D eigenvalue weighted by atomic mass is 9.99. The first kappa shape index (κ1) is 22.5. The Bertz CT molecular complexity index is 780. The standard InChI is InChI=1S/C18H26BrClN2O4S/c1-18(2,3)26-17(23)22-8-4-5-13(11-22)10-21-27(24,25)12-14-6-7-15(19)9-16(14)20/h6-7,9,13,21H,4-5,8,10-12H2,1-3H3. The van der Waals surface area contributed by atoms with Crippen molar-refractivity contribution < 1.29 is 17.9 Å². The van der Waals surface area contributed by atoms with Crippen molar-refractivity contribution in [2.24, 2.45) is 5.92 Å². The van der Waals surface area contributed by atoms with Gasteiger partial charge >= 0.3 is 6.09 Å². The maximum Gasteiger partial charge on any atom is 0.410 e. The molecule has 152 valence electrons. The number of nitrogens with zero attached hydrogens (tertiary/aromatic N) is 1. The maximum absolute atomic E-state index is 12.4. The van der Waals surface area contributed by atoms with Gasteiger partial charge in [0.25, 0.3) is 0 Å². The van der Waals surface area contributed by atoms with Crippen LogP contribution in [0.3, 0.4) is 0 Å². The zero-order valence-corrected chi connectivity index (χ0v) is 19.0. The molecule has 1 aliphatic rings. The first-order valence-electron chi connectivity index (χ1n) is 8.84. The van der Waals surface area contributed by atoms with Gasteiger partial charge in [0.05, 0.1) is 5.75 Å². The number of hydrogen-bond acceptors (Lipinski definition) is 4. The maximum atomic E-state index is 12.4.